The van der Waals surface area contributed by atoms with Crippen molar-refractivity contribution in [1.29, 1.82) is 0 Å². The maximum absolute atomic E-state index is 12.9. The molecule has 0 aliphatic carbocycles. The standard InChI is InChI=1S/C22H34N4O6/c1-12(2)10-17(22(31)32)26-20(29)16(11-15-8-6-5-7-9-15)25-19(28)13(3)24-21(30)18(23)14(4)27/h5-9,12-14,16-18,27H,10-11,23H2,1-4H3,(H,24,30)(H,25,28)(H,26,29)(H,31,32)/t13-,14+,16-,17-,18-/m0/s1. The molecule has 0 bridgehead atoms. The first-order valence-electron chi connectivity index (χ1n) is 10.5. The fourth-order valence-corrected chi connectivity index (χ4v) is 2.92. The lowest BCUT2D eigenvalue weighted by Crippen LogP contribution is -2.57. The van der Waals surface area contributed by atoms with Crippen molar-refractivity contribution in [2.75, 3.05) is 0 Å². The second kappa shape index (κ2) is 12.8. The Morgan fingerprint density at radius 1 is 0.875 bits per heavy atom. The van der Waals surface area contributed by atoms with Crippen molar-refractivity contribution in [1.82, 2.24) is 16.0 Å². The number of carbonyl (C=O) groups excluding carboxylic acids is 3. The summed E-state index contributed by atoms with van der Waals surface area (Å²) in [4.78, 5) is 49.1. The molecule has 0 spiro atoms. The largest absolute Gasteiger partial charge is 0.480 e. The third kappa shape index (κ3) is 9.03. The van der Waals surface area contributed by atoms with E-state index in [0.717, 1.165) is 5.56 Å². The molecule has 1 rings (SSSR count). The Morgan fingerprint density at radius 3 is 1.94 bits per heavy atom. The predicted molar refractivity (Wildman–Crippen MR) is 118 cm³/mol. The predicted octanol–water partition coefficient (Wildman–Crippen LogP) is -0.458. The summed E-state index contributed by atoms with van der Waals surface area (Å²) in [5.74, 6) is -3.14. The number of rotatable bonds is 12. The normalized spacial score (nSPS) is 15.7. The topological polar surface area (TPSA) is 171 Å². The Labute approximate surface area is 187 Å². The number of benzene rings is 1. The molecule has 7 N–H and O–H groups in total. The molecule has 0 aliphatic heterocycles. The van der Waals surface area contributed by atoms with Gasteiger partial charge in [-0.25, -0.2) is 4.79 Å². The Balaban J connectivity index is 2.95. The molecule has 0 saturated heterocycles. The summed E-state index contributed by atoms with van der Waals surface area (Å²) >= 11 is 0. The van der Waals surface area contributed by atoms with Crippen LogP contribution in [0, 0.1) is 5.92 Å². The highest BCUT2D eigenvalue weighted by Gasteiger charge is 2.29. The fourth-order valence-electron chi connectivity index (χ4n) is 2.92. The summed E-state index contributed by atoms with van der Waals surface area (Å²) in [5.41, 5.74) is 6.33. The van der Waals surface area contributed by atoms with Gasteiger partial charge in [-0.2, -0.15) is 0 Å². The lowest BCUT2D eigenvalue weighted by Gasteiger charge is -2.24. The molecule has 1 aromatic carbocycles. The van der Waals surface area contributed by atoms with Gasteiger partial charge in [0, 0.05) is 6.42 Å². The summed E-state index contributed by atoms with van der Waals surface area (Å²) in [6.07, 6.45) is -0.743. The lowest BCUT2D eigenvalue weighted by atomic mass is 10.0. The van der Waals surface area contributed by atoms with Crippen LogP contribution in [0.4, 0.5) is 0 Å². The van der Waals surface area contributed by atoms with Crippen molar-refractivity contribution in [3.63, 3.8) is 0 Å². The van der Waals surface area contributed by atoms with Gasteiger partial charge in [-0.15, -0.1) is 0 Å². The molecule has 32 heavy (non-hydrogen) atoms. The van der Waals surface area contributed by atoms with Gasteiger partial charge < -0.3 is 31.9 Å². The molecular formula is C22H34N4O6. The van der Waals surface area contributed by atoms with Crippen LogP contribution in [0.15, 0.2) is 30.3 Å². The summed E-state index contributed by atoms with van der Waals surface area (Å²) in [5, 5.41) is 26.3. The van der Waals surface area contributed by atoms with Gasteiger partial charge in [0.1, 0.15) is 24.2 Å². The zero-order valence-corrected chi connectivity index (χ0v) is 18.9. The van der Waals surface area contributed by atoms with Crippen LogP contribution in [0.3, 0.4) is 0 Å². The molecule has 0 heterocycles. The van der Waals surface area contributed by atoms with Gasteiger partial charge >= 0.3 is 5.97 Å². The fraction of sp³-hybridized carbons (Fsp3) is 0.545. The molecule has 178 valence electrons. The highest BCUT2D eigenvalue weighted by Crippen LogP contribution is 2.08. The van der Waals surface area contributed by atoms with Crippen molar-refractivity contribution >= 4 is 23.7 Å². The number of amides is 3. The zero-order valence-electron chi connectivity index (χ0n) is 18.9. The van der Waals surface area contributed by atoms with Gasteiger partial charge in [0.15, 0.2) is 0 Å². The van der Waals surface area contributed by atoms with E-state index in [1.807, 2.05) is 19.9 Å². The van der Waals surface area contributed by atoms with Crippen LogP contribution in [0.25, 0.3) is 0 Å². The van der Waals surface area contributed by atoms with Gasteiger partial charge in [0.25, 0.3) is 0 Å². The number of hydrogen-bond donors (Lipinski definition) is 6. The average molecular weight is 451 g/mol. The first-order valence-corrected chi connectivity index (χ1v) is 10.5. The highest BCUT2D eigenvalue weighted by atomic mass is 16.4. The van der Waals surface area contributed by atoms with E-state index in [4.69, 9.17) is 5.73 Å². The van der Waals surface area contributed by atoms with Crippen LogP contribution >= 0.6 is 0 Å². The molecule has 10 heteroatoms. The smallest absolute Gasteiger partial charge is 0.326 e. The van der Waals surface area contributed by atoms with E-state index in [9.17, 15) is 29.4 Å². The van der Waals surface area contributed by atoms with Crippen LogP contribution in [0.2, 0.25) is 0 Å². The van der Waals surface area contributed by atoms with Crippen molar-refractivity contribution in [2.24, 2.45) is 11.7 Å². The van der Waals surface area contributed by atoms with Crippen LogP contribution < -0.4 is 21.7 Å². The molecule has 0 aromatic heterocycles. The Hall–Kier alpha value is -2.98. The van der Waals surface area contributed by atoms with Crippen molar-refractivity contribution < 1.29 is 29.4 Å². The van der Waals surface area contributed by atoms with Crippen molar-refractivity contribution in [3.05, 3.63) is 35.9 Å². The molecule has 5 atom stereocenters. The molecule has 0 radical (unpaired) electrons. The van der Waals surface area contributed by atoms with Gasteiger partial charge in [0.2, 0.25) is 17.7 Å². The summed E-state index contributed by atoms with van der Waals surface area (Å²) in [7, 11) is 0. The third-order valence-corrected chi connectivity index (χ3v) is 4.81. The summed E-state index contributed by atoms with van der Waals surface area (Å²) < 4.78 is 0. The number of aliphatic hydroxyl groups is 1. The zero-order chi connectivity index (χ0) is 24.4. The van der Waals surface area contributed by atoms with E-state index in [-0.39, 0.29) is 18.8 Å². The average Bonchev–Trinajstić information content (AvgIpc) is 2.72. The van der Waals surface area contributed by atoms with E-state index in [1.165, 1.54) is 13.8 Å². The molecular weight excluding hydrogens is 416 g/mol. The van der Waals surface area contributed by atoms with Crippen LogP contribution in [-0.4, -0.2) is 64.2 Å². The van der Waals surface area contributed by atoms with E-state index >= 15 is 0 Å². The minimum atomic E-state index is -1.21. The summed E-state index contributed by atoms with van der Waals surface area (Å²) in [6.45, 7) is 6.45. The number of carbonyl (C=O) groups is 4. The van der Waals surface area contributed by atoms with E-state index in [2.05, 4.69) is 16.0 Å². The number of carboxylic acids is 1. The second-order valence-corrected chi connectivity index (χ2v) is 8.28. The van der Waals surface area contributed by atoms with Gasteiger partial charge in [-0.05, 0) is 31.7 Å². The maximum atomic E-state index is 12.9. The lowest BCUT2D eigenvalue weighted by molar-refractivity contribution is -0.142. The molecule has 0 saturated carbocycles. The van der Waals surface area contributed by atoms with E-state index in [0.29, 0.717) is 0 Å². The number of carboxylic acid groups (broad SMARTS) is 1. The second-order valence-electron chi connectivity index (χ2n) is 8.28. The Kier molecular flexibility index (Phi) is 10.8. The van der Waals surface area contributed by atoms with E-state index in [1.54, 1.807) is 24.3 Å². The van der Waals surface area contributed by atoms with Gasteiger partial charge in [0.05, 0.1) is 6.10 Å². The first-order chi connectivity index (χ1) is 14.9. The molecule has 0 fully saturated rings. The highest BCUT2D eigenvalue weighted by molar-refractivity contribution is 5.94. The quantitative estimate of drug-likeness (QED) is 0.250. The van der Waals surface area contributed by atoms with Crippen LogP contribution in [0.1, 0.15) is 39.7 Å². The number of nitrogens with two attached hydrogens (primary N) is 1. The van der Waals surface area contributed by atoms with Crippen LogP contribution in [-0.2, 0) is 25.6 Å². The molecule has 1 aromatic rings. The van der Waals surface area contributed by atoms with Gasteiger partial charge in [-0.1, -0.05) is 44.2 Å². The minimum absolute atomic E-state index is 0.0342. The molecule has 0 unspecified atom stereocenters. The minimum Gasteiger partial charge on any atom is -0.480 e. The Morgan fingerprint density at radius 2 is 1.44 bits per heavy atom. The monoisotopic (exact) mass is 450 g/mol. The molecule has 0 aliphatic rings. The SMILES string of the molecule is CC(C)C[C@H](NC(=O)[C@H](Cc1ccccc1)NC(=O)[C@H](C)NC(=O)[C@@H](N)[C@@H](C)O)C(=O)O. The maximum Gasteiger partial charge on any atom is 0.326 e. The summed E-state index contributed by atoms with van der Waals surface area (Å²) in [6, 6.07) is 4.53. The van der Waals surface area contributed by atoms with E-state index < -0.39 is 54.0 Å². The number of aliphatic hydroxyl groups excluding tert-OH is 1. The van der Waals surface area contributed by atoms with Crippen molar-refractivity contribution in [3.8, 4) is 0 Å². The number of aliphatic carboxylic acids is 1. The third-order valence-electron chi connectivity index (χ3n) is 4.81. The van der Waals surface area contributed by atoms with Crippen molar-refractivity contribution in [2.45, 2.75) is 70.8 Å². The first kappa shape index (κ1) is 27.1. The molecule has 3 amide bonds. The van der Waals surface area contributed by atoms with Gasteiger partial charge in [-0.3, -0.25) is 14.4 Å². The Bertz CT molecular complexity index is 784. The van der Waals surface area contributed by atoms with Crippen LogP contribution in [0.5, 0.6) is 0 Å². The number of nitrogens with one attached hydrogen (secondary N) is 3. The number of hydrogen-bond acceptors (Lipinski definition) is 6. The molecule has 10 nitrogen and oxygen atoms in total.